The monoisotopic (exact) mass is 348 g/mol. The topological polar surface area (TPSA) is 78.7 Å². The van der Waals surface area contributed by atoms with Crippen LogP contribution in [0.15, 0.2) is 0 Å². The third-order valence-electron chi connectivity index (χ3n) is 7.08. The lowest BCUT2D eigenvalue weighted by Crippen LogP contribution is -2.57. The highest BCUT2D eigenvalue weighted by atomic mass is 16.2. The van der Waals surface area contributed by atoms with Gasteiger partial charge in [0, 0.05) is 38.3 Å². The van der Waals surface area contributed by atoms with E-state index < -0.39 is 0 Å². The fourth-order valence-corrected chi connectivity index (χ4v) is 5.56. The maximum Gasteiger partial charge on any atom is 0.317 e. The van der Waals surface area contributed by atoms with Gasteiger partial charge in [0.15, 0.2) is 0 Å². The van der Waals surface area contributed by atoms with Crippen molar-refractivity contribution in [2.24, 2.45) is 23.5 Å². The average Bonchev–Trinajstić information content (AvgIpc) is 3.23. The molecule has 1 heterocycles. The number of nitrogens with one attached hydrogen (secondary N) is 1. The van der Waals surface area contributed by atoms with Gasteiger partial charge in [0.25, 0.3) is 0 Å². The minimum atomic E-state index is 0.0290. The molecule has 4 aliphatic rings. The Labute approximate surface area is 150 Å². The standard InChI is InChI=1S/C19H32N4O2/c20-17-14-7-6-13(12-14)16(17)18(24)22-8-10-23(11-9-22)19(25)21-15-4-2-1-3-5-15/h13-17H,1-12,20H2,(H,21,25). The summed E-state index contributed by atoms with van der Waals surface area (Å²) in [4.78, 5) is 29.2. The van der Waals surface area contributed by atoms with Gasteiger partial charge in [0.2, 0.25) is 5.91 Å². The lowest BCUT2D eigenvalue weighted by Gasteiger charge is -2.39. The SMILES string of the molecule is NC1C2CCC(C2)C1C(=O)N1CCN(C(=O)NC2CCCCC2)CC1. The summed E-state index contributed by atoms with van der Waals surface area (Å²) >= 11 is 0. The van der Waals surface area contributed by atoms with Crippen LogP contribution in [0, 0.1) is 17.8 Å². The highest BCUT2D eigenvalue weighted by Gasteiger charge is 2.50. The number of hydrogen-bond donors (Lipinski definition) is 2. The lowest BCUT2D eigenvalue weighted by atomic mass is 9.84. The van der Waals surface area contributed by atoms with Crippen LogP contribution in [0.4, 0.5) is 4.79 Å². The fraction of sp³-hybridized carbons (Fsp3) is 0.895. The first-order chi connectivity index (χ1) is 12.1. The molecular formula is C19H32N4O2. The van der Waals surface area contributed by atoms with Crippen molar-refractivity contribution < 1.29 is 9.59 Å². The highest BCUT2D eigenvalue weighted by Crippen LogP contribution is 2.48. The van der Waals surface area contributed by atoms with E-state index in [-0.39, 0.29) is 23.9 Å². The Kier molecular flexibility index (Phi) is 4.89. The molecule has 3 amide bonds. The zero-order chi connectivity index (χ0) is 17.4. The molecule has 3 N–H and O–H groups in total. The maximum absolute atomic E-state index is 12.9. The minimum absolute atomic E-state index is 0.0290. The van der Waals surface area contributed by atoms with Crippen LogP contribution in [0.1, 0.15) is 51.4 Å². The number of nitrogens with two attached hydrogens (primary N) is 1. The third-order valence-corrected chi connectivity index (χ3v) is 7.08. The summed E-state index contributed by atoms with van der Waals surface area (Å²) in [5.74, 6) is 1.33. The Morgan fingerprint density at radius 2 is 1.48 bits per heavy atom. The van der Waals surface area contributed by atoms with Gasteiger partial charge in [-0.15, -0.1) is 0 Å². The number of carbonyl (C=O) groups excluding carboxylic acids is 2. The van der Waals surface area contributed by atoms with Gasteiger partial charge in [-0.1, -0.05) is 19.3 Å². The third kappa shape index (κ3) is 3.37. The smallest absolute Gasteiger partial charge is 0.317 e. The van der Waals surface area contributed by atoms with Gasteiger partial charge < -0.3 is 20.9 Å². The summed E-state index contributed by atoms with van der Waals surface area (Å²) in [5, 5.41) is 3.18. The van der Waals surface area contributed by atoms with Gasteiger partial charge in [-0.05, 0) is 43.9 Å². The summed E-state index contributed by atoms with van der Waals surface area (Å²) in [6.45, 7) is 2.58. The molecule has 3 aliphatic carbocycles. The first-order valence-electron chi connectivity index (χ1n) is 10.2. The second-order valence-corrected chi connectivity index (χ2v) is 8.53. The quantitative estimate of drug-likeness (QED) is 0.795. The molecular weight excluding hydrogens is 316 g/mol. The van der Waals surface area contributed by atoms with Crippen molar-refractivity contribution in [3.8, 4) is 0 Å². The number of hydrogen-bond acceptors (Lipinski definition) is 3. The molecule has 4 atom stereocenters. The van der Waals surface area contributed by atoms with Crippen LogP contribution >= 0.6 is 0 Å². The van der Waals surface area contributed by atoms with E-state index in [0.29, 0.717) is 44.1 Å². The first-order valence-corrected chi connectivity index (χ1v) is 10.2. The van der Waals surface area contributed by atoms with Crippen molar-refractivity contribution in [2.75, 3.05) is 26.2 Å². The van der Waals surface area contributed by atoms with E-state index in [4.69, 9.17) is 5.73 Å². The molecule has 4 rings (SSSR count). The van der Waals surface area contributed by atoms with Crippen molar-refractivity contribution in [3.05, 3.63) is 0 Å². The van der Waals surface area contributed by atoms with Crippen molar-refractivity contribution >= 4 is 11.9 Å². The summed E-state index contributed by atoms with van der Waals surface area (Å²) in [6, 6.07) is 0.447. The van der Waals surface area contributed by atoms with Crippen LogP contribution in [0.25, 0.3) is 0 Å². The minimum Gasteiger partial charge on any atom is -0.339 e. The number of piperazine rings is 1. The molecule has 6 heteroatoms. The lowest BCUT2D eigenvalue weighted by molar-refractivity contribution is -0.139. The van der Waals surface area contributed by atoms with E-state index in [2.05, 4.69) is 5.32 Å². The van der Waals surface area contributed by atoms with Gasteiger partial charge >= 0.3 is 6.03 Å². The number of nitrogens with zero attached hydrogens (tertiary/aromatic N) is 2. The molecule has 1 saturated heterocycles. The van der Waals surface area contributed by atoms with Crippen LogP contribution in [0.3, 0.4) is 0 Å². The van der Waals surface area contributed by atoms with E-state index in [0.717, 1.165) is 19.3 Å². The van der Waals surface area contributed by atoms with Gasteiger partial charge in [-0.2, -0.15) is 0 Å². The van der Waals surface area contributed by atoms with Gasteiger partial charge in [-0.3, -0.25) is 4.79 Å². The Hall–Kier alpha value is -1.30. The molecule has 0 aromatic rings. The molecule has 0 aromatic carbocycles. The van der Waals surface area contributed by atoms with Crippen LogP contribution in [0.5, 0.6) is 0 Å². The van der Waals surface area contributed by atoms with Crippen LogP contribution < -0.4 is 11.1 Å². The Morgan fingerprint density at radius 1 is 0.840 bits per heavy atom. The van der Waals surface area contributed by atoms with Crippen LogP contribution in [-0.2, 0) is 4.79 Å². The van der Waals surface area contributed by atoms with E-state index >= 15 is 0 Å². The molecule has 4 unspecified atom stereocenters. The highest BCUT2D eigenvalue weighted by molar-refractivity contribution is 5.81. The predicted octanol–water partition coefficient (Wildman–Crippen LogP) is 1.55. The van der Waals surface area contributed by atoms with E-state index in [1.165, 1.54) is 32.1 Å². The summed E-state index contributed by atoms with van der Waals surface area (Å²) in [7, 11) is 0. The van der Waals surface area contributed by atoms with Crippen molar-refractivity contribution in [3.63, 3.8) is 0 Å². The summed E-state index contributed by atoms with van der Waals surface area (Å²) < 4.78 is 0. The number of urea groups is 1. The van der Waals surface area contributed by atoms with E-state index in [9.17, 15) is 9.59 Å². The Balaban J connectivity index is 1.26. The van der Waals surface area contributed by atoms with Gasteiger partial charge in [0.05, 0.1) is 5.92 Å². The molecule has 2 bridgehead atoms. The number of amides is 3. The summed E-state index contributed by atoms with van der Waals surface area (Å²) in [5.41, 5.74) is 6.33. The molecule has 3 saturated carbocycles. The largest absolute Gasteiger partial charge is 0.339 e. The van der Waals surface area contributed by atoms with Crippen molar-refractivity contribution in [1.82, 2.24) is 15.1 Å². The average molecular weight is 348 g/mol. The molecule has 0 radical (unpaired) electrons. The fourth-order valence-electron chi connectivity index (χ4n) is 5.56. The van der Waals surface area contributed by atoms with E-state index in [1.54, 1.807) is 0 Å². The summed E-state index contributed by atoms with van der Waals surface area (Å²) in [6.07, 6.45) is 9.44. The number of rotatable bonds is 2. The molecule has 6 nitrogen and oxygen atoms in total. The van der Waals surface area contributed by atoms with Gasteiger partial charge in [-0.25, -0.2) is 4.79 Å². The second-order valence-electron chi connectivity index (χ2n) is 8.53. The number of carbonyl (C=O) groups is 2. The van der Waals surface area contributed by atoms with Crippen molar-refractivity contribution in [1.29, 1.82) is 0 Å². The maximum atomic E-state index is 12.9. The Bertz CT molecular complexity index is 510. The predicted molar refractivity (Wildman–Crippen MR) is 95.9 cm³/mol. The van der Waals surface area contributed by atoms with Gasteiger partial charge in [0.1, 0.15) is 0 Å². The van der Waals surface area contributed by atoms with E-state index in [1.807, 2.05) is 9.80 Å². The molecule has 0 spiro atoms. The van der Waals surface area contributed by atoms with Crippen molar-refractivity contribution in [2.45, 2.75) is 63.5 Å². The molecule has 0 aromatic heterocycles. The molecule has 25 heavy (non-hydrogen) atoms. The normalized spacial score (nSPS) is 35.9. The second kappa shape index (κ2) is 7.14. The molecule has 4 fully saturated rings. The van der Waals surface area contributed by atoms with Crippen LogP contribution in [-0.4, -0.2) is 60.0 Å². The van der Waals surface area contributed by atoms with Crippen LogP contribution in [0.2, 0.25) is 0 Å². The Morgan fingerprint density at radius 3 is 2.12 bits per heavy atom. The number of fused-ring (bicyclic) bond motifs is 2. The molecule has 1 aliphatic heterocycles. The zero-order valence-corrected chi connectivity index (χ0v) is 15.2. The first kappa shape index (κ1) is 17.1. The zero-order valence-electron chi connectivity index (χ0n) is 15.2. The molecule has 140 valence electrons.